The van der Waals surface area contributed by atoms with Crippen LogP contribution >= 0.6 is 34.8 Å². The molecule has 19 heavy (non-hydrogen) atoms. The third kappa shape index (κ3) is 3.37. The molecule has 0 amide bonds. The zero-order chi connectivity index (χ0) is 14.8. The van der Waals surface area contributed by atoms with Crippen molar-refractivity contribution in [2.45, 2.75) is 37.1 Å². The topological polar surface area (TPSA) is 37.4 Å². The van der Waals surface area contributed by atoms with Crippen molar-refractivity contribution < 1.29 is 8.42 Å². The van der Waals surface area contributed by atoms with Gasteiger partial charge in [-0.05, 0) is 25.5 Å². The molecular weight excluding hydrogens is 329 g/mol. The van der Waals surface area contributed by atoms with Crippen LogP contribution in [-0.2, 0) is 15.9 Å². The van der Waals surface area contributed by atoms with Crippen molar-refractivity contribution in [2.75, 3.05) is 7.05 Å². The van der Waals surface area contributed by atoms with Crippen LogP contribution in [0.15, 0.2) is 17.0 Å². The normalized spacial score (nSPS) is 13.8. The molecule has 0 aliphatic carbocycles. The SMILES string of the molecule is CCC(C)N(C)S(=O)(=O)c1ccc(Cl)c(CCl)c1Cl. The molecule has 0 aliphatic heterocycles. The molecule has 7 heteroatoms. The Hall–Kier alpha value is -0.000000000000000167. The minimum Gasteiger partial charge on any atom is -0.207 e. The van der Waals surface area contributed by atoms with Crippen LogP contribution in [0.25, 0.3) is 0 Å². The van der Waals surface area contributed by atoms with Gasteiger partial charge in [0.1, 0.15) is 4.90 Å². The first-order valence-corrected chi connectivity index (χ1v) is 8.51. The van der Waals surface area contributed by atoms with Gasteiger partial charge >= 0.3 is 0 Å². The molecule has 0 spiro atoms. The highest BCUT2D eigenvalue weighted by molar-refractivity contribution is 7.89. The second kappa shape index (κ2) is 6.64. The van der Waals surface area contributed by atoms with Crippen LogP contribution in [0.5, 0.6) is 0 Å². The van der Waals surface area contributed by atoms with Gasteiger partial charge in [0.25, 0.3) is 0 Å². The van der Waals surface area contributed by atoms with Gasteiger partial charge in [-0.25, -0.2) is 8.42 Å². The highest BCUT2D eigenvalue weighted by Crippen LogP contribution is 2.33. The molecule has 1 atom stereocenters. The molecule has 1 rings (SSSR count). The molecule has 1 unspecified atom stereocenters. The van der Waals surface area contributed by atoms with E-state index in [0.717, 1.165) is 0 Å². The number of halogens is 3. The molecule has 1 aromatic carbocycles. The van der Waals surface area contributed by atoms with Crippen LogP contribution in [0.1, 0.15) is 25.8 Å². The number of rotatable bonds is 5. The predicted octanol–water partition coefficient (Wildman–Crippen LogP) is 4.15. The molecule has 0 saturated heterocycles. The fourth-order valence-electron chi connectivity index (χ4n) is 1.55. The molecule has 0 saturated carbocycles. The molecular formula is C12H16Cl3NO2S. The maximum atomic E-state index is 12.5. The van der Waals surface area contributed by atoms with Crippen molar-refractivity contribution in [2.24, 2.45) is 0 Å². The fraction of sp³-hybridized carbons (Fsp3) is 0.500. The lowest BCUT2D eigenvalue weighted by molar-refractivity contribution is 0.380. The lowest BCUT2D eigenvalue weighted by atomic mass is 10.2. The summed E-state index contributed by atoms with van der Waals surface area (Å²) in [6, 6.07) is 2.80. The third-order valence-electron chi connectivity index (χ3n) is 3.15. The Morgan fingerprint density at radius 1 is 1.32 bits per heavy atom. The first-order valence-electron chi connectivity index (χ1n) is 5.78. The van der Waals surface area contributed by atoms with Gasteiger partial charge in [-0.15, -0.1) is 11.6 Å². The highest BCUT2D eigenvalue weighted by atomic mass is 35.5. The number of hydrogen-bond donors (Lipinski definition) is 0. The Labute approximate surface area is 129 Å². The van der Waals surface area contributed by atoms with E-state index >= 15 is 0 Å². The number of nitrogens with zero attached hydrogens (tertiary/aromatic N) is 1. The average molecular weight is 345 g/mol. The summed E-state index contributed by atoms with van der Waals surface area (Å²) >= 11 is 17.8. The fourth-order valence-corrected chi connectivity index (χ4v) is 4.28. The molecule has 0 bridgehead atoms. The van der Waals surface area contributed by atoms with Crippen LogP contribution < -0.4 is 0 Å². The third-order valence-corrected chi connectivity index (χ3v) is 6.33. The zero-order valence-electron chi connectivity index (χ0n) is 11.0. The van der Waals surface area contributed by atoms with E-state index < -0.39 is 10.0 Å². The Morgan fingerprint density at radius 2 is 1.89 bits per heavy atom. The second-order valence-corrected chi connectivity index (χ2v) is 7.27. The van der Waals surface area contributed by atoms with Crippen LogP contribution in [0.2, 0.25) is 10.0 Å². The zero-order valence-corrected chi connectivity index (χ0v) is 14.0. The molecule has 0 aliphatic rings. The van der Waals surface area contributed by atoms with Gasteiger partial charge in [0.05, 0.1) is 10.9 Å². The number of benzene rings is 1. The Balaban J connectivity index is 3.38. The van der Waals surface area contributed by atoms with E-state index in [9.17, 15) is 8.42 Å². The van der Waals surface area contributed by atoms with Crippen molar-refractivity contribution in [3.63, 3.8) is 0 Å². The number of hydrogen-bond acceptors (Lipinski definition) is 2. The van der Waals surface area contributed by atoms with E-state index in [4.69, 9.17) is 34.8 Å². The summed E-state index contributed by atoms with van der Waals surface area (Å²) in [5, 5.41) is 0.461. The van der Waals surface area contributed by atoms with E-state index in [2.05, 4.69) is 0 Å². The molecule has 3 nitrogen and oxygen atoms in total. The van der Waals surface area contributed by atoms with Gasteiger partial charge in [-0.2, -0.15) is 4.31 Å². The van der Waals surface area contributed by atoms with E-state index in [0.29, 0.717) is 17.0 Å². The van der Waals surface area contributed by atoms with Gasteiger partial charge < -0.3 is 0 Å². The maximum Gasteiger partial charge on any atom is 0.244 e. The summed E-state index contributed by atoms with van der Waals surface area (Å²) in [7, 11) is -2.11. The summed E-state index contributed by atoms with van der Waals surface area (Å²) in [5.41, 5.74) is 0.434. The molecule has 0 radical (unpaired) electrons. The summed E-state index contributed by atoms with van der Waals surface area (Å²) in [6.45, 7) is 3.76. The summed E-state index contributed by atoms with van der Waals surface area (Å²) in [5.74, 6) is 0.0636. The van der Waals surface area contributed by atoms with Crippen LogP contribution in [-0.4, -0.2) is 25.8 Å². The molecule has 1 aromatic rings. The minimum atomic E-state index is -3.65. The monoisotopic (exact) mass is 343 g/mol. The second-order valence-electron chi connectivity index (χ2n) is 4.25. The molecule has 108 valence electrons. The lowest BCUT2D eigenvalue weighted by Crippen LogP contribution is -2.34. The van der Waals surface area contributed by atoms with Crippen LogP contribution in [0.3, 0.4) is 0 Å². The largest absolute Gasteiger partial charge is 0.244 e. The number of alkyl halides is 1. The first-order chi connectivity index (χ1) is 8.77. The van der Waals surface area contributed by atoms with Crippen LogP contribution in [0, 0.1) is 0 Å². The predicted molar refractivity (Wildman–Crippen MR) is 80.7 cm³/mol. The van der Waals surface area contributed by atoms with Gasteiger partial charge in [0.15, 0.2) is 0 Å². The van der Waals surface area contributed by atoms with Crippen molar-refractivity contribution in [1.82, 2.24) is 4.31 Å². The van der Waals surface area contributed by atoms with E-state index in [-0.39, 0.29) is 21.8 Å². The Morgan fingerprint density at radius 3 is 2.37 bits per heavy atom. The minimum absolute atomic E-state index is 0.0389. The number of sulfonamides is 1. The Bertz CT molecular complexity index is 560. The van der Waals surface area contributed by atoms with Gasteiger partial charge in [-0.3, -0.25) is 0 Å². The highest BCUT2D eigenvalue weighted by Gasteiger charge is 2.28. The molecule has 0 aromatic heterocycles. The van der Waals surface area contributed by atoms with E-state index in [1.165, 1.54) is 23.5 Å². The van der Waals surface area contributed by atoms with Crippen molar-refractivity contribution in [1.29, 1.82) is 0 Å². The molecule has 0 N–H and O–H groups in total. The van der Waals surface area contributed by atoms with E-state index in [1.807, 2.05) is 13.8 Å². The lowest BCUT2D eigenvalue weighted by Gasteiger charge is -2.24. The van der Waals surface area contributed by atoms with Crippen LogP contribution in [0.4, 0.5) is 0 Å². The summed E-state index contributed by atoms with van der Waals surface area (Å²) in [4.78, 5) is 0.0389. The van der Waals surface area contributed by atoms with Gasteiger partial charge in [0, 0.05) is 23.7 Å². The average Bonchev–Trinajstić information content (AvgIpc) is 2.37. The summed E-state index contributed by atoms with van der Waals surface area (Å²) < 4.78 is 26.3. The van der Waals surface area contributed by atoms with Crippen molar-refractivity contribution in [3.8, 4) is 0 Å². The molecule has 0 fully saturated rings. The Kier molecular flexibility index (Phi) is 5.96. The van der Waals surface area contributed by atoms with Gasteiger partial charge in [0.2, 0.25) is 10.0 Å². The van der Waals surface area contributed by atoms with Gasteiger partial charge in [-0.1, -0.05) is 30.1 Å². The molecule has 0 heterocycles. The quantitative estimate of drug-likeness (QED) is 0.752. The van der Waals surface area contributed by atoms with Crippen molar-refractivity contribution >= 4 is 44.8 Å². The standard InChI is InChI=1S/C12H16Cl3NO2S/c1-4-8(2)16(3)19(17,18)11-6-5-10(14)9(7-13)12(11)15/h5-6,8H,4,7H2,1-3H3. The first kappa shape index (κ1) is 17.1. The smallest absolute Gasteiger partial charge is 0.207 e. The van der Waals surface area contributed by atoms with Crippen molar-refractivity contribution in [3.05, 3.63) is 27.7 Å². The summed E-state index contributed by atoms with van der Waals surface area (Å²) in [6.07, 6.45) is 0.712. The maximum absolute atomic E-state index is 12.5. The van der Waals surface area contributed by atoms with E-state index in [1.54, 1.807) is 0 Å².